The number of nitrogens with one attached hydrogen (secondary N) is 1. The Balaban J connectivity index is 2.21. The Bertz CT molecular complexity index is 861. The maximum Gasteiger partial charge on any atom is 0.471 e. The van der Waals surface area contributed by atoms with Crippen molar-refractivity contribution in [1.82, 2.24) is 15.5 Å². The first kappa shape index (κ1) is 20.5. The number of hydrogen-bond donors (Lipinski definition) is 1. The van der Waals surface area contributed by atoms with Crippen LogP contribution in [0.25, 0.3) is 11.4 Å². The molecule has 0 atom stereocenters. The number of nitrogens with zero attached hydrogens (tertiary/aromatic N) is 2. The highest BCUT2D eigenvalue weighted by atomic mass is 19.4. The molecule has 6 nitrogen and oxygen atoms in total. The number of carbonyl (C=O) groups excluding carboxylic acids is 2. The number of Topliss-reactive ketones (excluding diaryl/α,β-unsaturated/α-hetero) is 1. The van der Waals surface area contributed by atoms with E-state index in [2.05, 4.69) is 20.0 Å². The van der Waals surface area contributed by atoms with E-state index in [1.54, 1.807) is 0 Å². The molecule has 0 saturated carbocycles. The molecule has 1 amide bonds. The standard InChI is InChI=1S/C16H14F5N3O3/c1-15(2,3)11(25)13(26)22-6-8-9(17)4-7(5-10(8)18)12-23-14(27-24-12)16(19,20)21/h4-5H,6H2,1-3H3,(H,22,26). The summed E-state index contributed by atoms with van der Waals surface area (Å²) in [5.41, 5.74) is -1.93. The van der Waals surface area contributed by atoms with Crippen molar-refractivity contribution in [2.45, 2.75) is 33.5 Å². The summed E-state index contributed by atoms with van der Waals surface area (Å²) in [5, 5.41) is 5.14. The van der Waals surface area contributed by atoms with E-state index in [9.17, 15) is 31.5 Å². The first-order valence-corrected chi connectivity index (χ1v) is 7.52. The van der Waals surface area contributed by atoms with Crippen LogP contribution in [0.2, 0.25) is 0 Å². The van der Waals surface area contributed by atoms with Crippen molar-refractivity contribution in [2.75, 3.05) is 0 Å². The van der Waals surface area contributed by atoms with Crippen molar-refractivity contribution in [3.63, 3.8) is 0 Å². The second-order valence-corrected chi connectivity index (χ2v) is 6.60. The third kappa shape index (κ3) is 4.66. The predicted molar refractivity (Wildman–Crippen MR) is 81.0 cm³/mol. The molecule has 2 aromatic rings. The minimum absolute atomic E-state index is 0.384. The molecule has 0 aliphatic carbocycles. The average molecular weight is 391 g/mol. The van der Waals surface area contributed by atoms with Gasteiger partial charge in [-0.2, -0.15) is 18.2 Å². The Morgan fingerprint density at radius 3 is 2.11 bits per heavy atom. The van der Waals surface area contributed by atoms with Gasteiger partial charge in [-0.1, -0.05) is 25.9 Å². The van der Waals surface area contributed by atoms with Crippen LogP contribution in [-0.4, -0.2) is 21.8 Å². The summed E-state index contributed by atoms with van der Waals surface area (Å²) in [6, 6.07) is 1.39. The topological polar surface area (TPSA) is 85.1 Å². The average Bonchev–Trinajstić information content (AvgIpc) is 3.02. The fourth-order valence-electron chi connectivity index (χ4n) is 1.95. The number of halogens is 5. The molecule has 1 N–H and O–H groups in total. The first-order chi connectivity index (χ1) is 12.3. The van der Waals surface area contributed by atoms with E-state index >= 15 is 0 Å². The summed E-state index contributed by atoms with van der Waals surface area (Å²) < 4.78 is 69.6. The molecule has 1 aromatic heterocycles. The molecule has 27 heavy (non-hydrogen) atoms. The molecule has 0 aliphatic rings. The second kappa shape index (κ2) is 7.05. The molecule has 146 valence electrons. The highest BCUT2D eigenvalue weighted by molar-refractivity contribution is 6.37. The van der Waals surface area contributed by atoms with Gasteiger partial charge in [0, 0.05) is 23.1 Å². The summed E-state index contributed by atoms with van der Waals surface area (Å²) in [4.78, 5) is 26.5. The van der Waals surface area contributed by atoms with Crippen molar-refractivity contribution in [1.29, 1.82) is 0 Å². The molecule has 11 heteroatoms. The van der Waals surface area contributed by atoms with Gasteiger partial charge in [0.05, 0.1) is 0 Å². The summed E-state index contributed by atoms with van der Waals surface area (Å²) in [7, 11) is 0. The number of alkyl halides is 3. The van der Waals surface area contributed by atoms with Crippen molar-refractivity contribution in [3.8, 4) is 11.4 Å². The highest BCUT2D eigenvalue weighted by Gasteiger charge is 2.38. The molecule has 1 aromatic carbocycles. The van der Waals surface area contributed by atoms with Gasteiger partial charge in [0.15, 0.2) is 0 Å². The number of ketones is 1. The molecule has 2 rings (SSSR count). The molecule has 0 radical (unpaired) electrons. The molecular weight excluding hydrogens is 377 g/mol. The minimum Gasteiger partial charge on any atom is -0.345 e. The van der Waals surface area contributed by atoms with E-state index in [0.717, 1.165) is 0 Å². The number of carbonyl (C=O) groups is 2. The van der Waals surface area contributed by atoms with Gasteiger partial charge in [0.1, 0.15) is 11.6 Å². The van der Waals surface area contributed by atoms with Gasteiger partial charge in [0.2, 0.25) is 11.6 Å². The minimum atomic E-state index is -4.90. The van der Waals surface area contributed by atoms with Gasteiger partial charge in [-0.15, -0.1) is 0 Å². The van der Waals surface area contributed by atoms with E-state index in [-0.39, 0.29) is 5.56 Å². The van der Waals surface area contributed by atoms with Crippen LogP contribution in [0.3, 0.4) is 0 Å². The van der Waals surface area contributed by atoms with Crippen molar-refractivity contribution < 1.29 is 36.1 Å². The lowest BCUT2D eigenvalue weighted by atomic mass is 9.90. The van der Waals surface area contributed by atoms with Gasteiger partial charge in [-0.05, 0) is 12.1 Å². The van der Waals surface area contributed by atoms with Crippen LogP contribution in [0.5, 0.6) is 0 Å². The van der Waals surface area contributed by atoms with E-state index < -0.39 is 58.7 Å². The Kier molecular flexibility index (Phi) is 5.34. The second-order valence-electron chi connectivity index (χ2n) is 6.60. The van der Waals surface area contributed by atoms with E-state index in [1.165, 1.54) is 20.8 Å². The van der Waals surface area contributed by atoms with Crippen LogP contribution >= 0.6 is 0 Å². The largest absolute Gasteiger partial charge is 0.471 e. The monoisotopic (exact) mass is 391 g/mol. The Labute approximate surface area is 149 Å². The number of amides is 1. The van der Waals surface area contributed by atoms with Crippen molar-refractivity contribution in [3.05, 3.63) is 35.2 Å². The molecule has 0 aliphatic heterocycles. The lowest BCUT2D eigenvalue weighted by Gasteiger charge is -2.16. The molecular formula is C16H14F5N3O3. The third-order valence-electron chi connectivity index (χ3n) is 3.38. The number of hydrogen-bond acceptors (Lipinski definition) is 5. The van der Waals surface area contributed by atoms with Crippen LogP contribution in [0.15, 0.2) is 16.7 Å². The SMILES string of the molecule is CC(C)(C)C(=O)C(=O)NCc1c(F)cc(-c2noc(C(F)(F)F)n2)cc1F. The Morgan fingerprint density at radius 2 is 1.67 bits per heavy atom. The predicted octanol–water partition coefficient (Wildman–Crippen LogP) is 3.27. The summed E-state index contributed by atoms with van der Waals surface area (Å²) in [6.07, 6.45) is -4.90. The maximum absolute atomic E-state index is 14.1. The Hall–Kier alpha value is -2.85. The molecule has 0 unspecified atom stereocenters. The third-order valence-corrected chi connectivity index (χ3v) is 3.38. The van der Waals surface area contributed by atoms with Crippen LogP contribution in [0, 0.1) is 17.0 Å². The van der Waals surface area contributed by atoms with Gasteiger partial charge >= 0.3 is 12.1 Å². The zero-order valence-electron chi connectivity index (χ0n) is 14.4. The Morgan fingerprint density at radius 1 is 1.11 bits per heavy atom. The van der Waals surface area contributed by atoms with Gasteiger partial charge in [0.25, 0.3) is 5.91 Å². The molecule has 0 bridgehead atoms. The van der Waals surface area contributed by atoms with Crippen LogP contribution in [0.1, 0.15) is 32.2 Å². The normalized spacial score (nSPS) is 12.1. The van der Waals surface area contributed by atoms with Crippen molar-refractivity contribution >= 4 is 11.7 Å². The van der Waals surface area contributed by atoms with Crippen LogP contribution in [-0.2, 0) is 22.3 Å². The summed E-state index contributed by atoms with van der Waals surface area (Å²) in [6.45, 7) is 3.89. The molecule has 1 heterocycles. The fourth-order valence-corrected chi connectivity index (χ4v) is 1.95. The molecule has 0 fully saturated rings. The zero-order chi connectivity index (χ0) is 20.6. The van der Waals surface area contributed by atoms with Gasteiger partial charge in [-0.25, -0.2) is 8.78 Å². The summed E-state index contributed by atoms with van der Waals surface area (Å²) in [5.74, 6) is -6.42. The maximum atomic E-state index is 14.1. The smallest absolute Gasteiger partial charge is 0.345 e. The van der Waals surface area contributed by atoms with Gasteiger partial charge < -0.3 is 9.84 Å². The van der Waals surface area contributed by atoms with Crippen LogP contribution < -0.4 is 5.32 Å². The van der Waals surface area contributed by atoms with E-state index in [4.69, 9.17) is 0 Å². The van der Waals surface area contributed by atoms with E-state index in [1.807, 2.05) is 0 Å². The summed E-state index contributed by atoms with van der Waals surface area (Å²) >= 11 is 0. The lowest BCUT2D eigenvalue weighted by Crippen LogP contribution is -2.38. The quantitative estimate of drug-likeness (QED) is 0.639. The van der Waals surface area contributed by atoms with Crippen LogP contribution in [0.4, 0.5) is 22.0 Å². The molecule has 0 saturated heterocycles. The first-order valence-electron chi connectivity index (χ1n) is 7.52. The molecule has 0 spiro atoms. The number of benzene rings is 1. The number of rotatable bonds is 4. The van der Waals surface area contributed by atoms with Gasteiger partial charge in [-0.3, -0.25) is 9.59 Å². The number of aromatic nitrogens is 2. The zero-order valence-corrected chi connectivity index (χ0v) is 14.4. The van der Waals surface area contributed by atoms with Crippen molar-refractivity contribution in [2.24, 2.45) is 5.41 Å². The highest BCUT2D eigenvalue weighted by Crippen LogP contribution is 2.30. The lowest BCUT2D eigenvalue weighted by molar-refractivity contribution is -0.159. The van der Waals surface area contributed by atoms with E-state index in [0.29, 0.717) is 12.1 Å². The fraction of sp³-hybridized carbons (Fsp3) is 0.375.